The van der Waals surface area contributed by atoms with Crippen molar-refractivity contribution in [3.63, 3.8) is 0 Å². The third-order valence-corrected chi connectivity index (χ3v) is 3.80. The van der Waals surface area contributed by atoms with Crippen LogP contribution in [0.2, 0.25) is 0 Å². The van der Waals surface area contributed by atoms with E-state index in [1.54, 1.807) is 47.0 Å². The number of oxazole rings is 1. The van der Waals surface area contributed by atoms with Gasteiger partial charge in [0.05, 0.1) is 12.1 Å². The zero-order valence-corrected chi connectivity index (χ0v) is 14.7. The van der Waals surface area contributed by atoms with E-state index >= 15 is 0 Å². The van der Waals surface area contributed by atoms with Gasteiger partial charge in [-0.3, -0.25) is 4.57 Å². The number of rotatable bonds is 6. The summed E-state index contributed by atoms with van der Waals surface area (Å²) in [5, 5.41) is 5.47. The second-order valence-electron chi connectivity index (χ2n) is 5.74. The van der Waals surface area contributed by atoms with E-state index in [1.165, 1.54) is 0 Å². The lowest BCUT2D eigenvalue weighted by molar-refractivity contribution is 0.262. The number of carbonyl (C=O) groups is 1. The highest BCUT2D eigenvalue weighted by Crippen LogP contribution is 2.20. The zero-order chi connectivity index (χ0) is 18.5. The van der Waals surface area contributed by atoms with Gasteiger partial charge in [-0.05, 0) is 49.7 Å². The van der Waals surface area contributed by atoms with Crippen LogP contribution in [0.4, 0.5) is 16.2 Å². The van der Waals surface area contributed by atoms with Gasteiger partial charge in [-0.15, -0.1) is 0 Å². The Morgan fingerprint density at radius 2 is 1.77 bits per heavy atom. The van der Waals surface area contributed by atoms with Crippen LogP contribution in [0.3, 0.4) is 0 Å². The van der Waals surface area contributed by atoms with Gasteiger partial charge in [0.1, 0.15) is 5.75 Å². The van der Waals surface area contributed by atoms with Crippen LogP contribution >= 0.6 is 0 Å². The topological polar surface area (TPSA) is 85.5 Å². The molecule has 1 aromatic heterocycles. The normalized spacial score (nSPS) is 10.7. The molecule has 0 radical (unpaired) electrons. The van der Waals surface area contributed by atoms with Crippen molar-refractivity contribution in [2.75, 3.05) is 17.2 Å². The summed E-state index contributed by atoms with van der Waals surface area (Å²) in [6.07, 6.45) is 0.832. The largest absolute Gasteiger partial charge is 0.494 e. The fraction of sp³-hybridized carbons (Fsp3) is 0.263. The van der Waals surface area contributed by atoms with Crippen molar-refractivity contribution >= 4 is 28.5 Å². The van der Waals surface area contributed by atoms with Crippen LogP contribution in [0.5, 0.6) is 5.75 Å². The number of aromatic nitrogens is 1. The molecule has 3 rings (SSSR count). The Bertz CT molecular complexity index is 957. The fourth-order valence-corrected chi connectivity index (χ4v) is 2.67. The molecule has 0 saturated carbocycles. The molecular formula is C19H21N3O4. The maximum Gasteiger partial charge on any atom is 0.419 e. The number of carbonyl (C=O) groups excluding carboxylic acids is 1. The van der Waals surface area contributed by atoms with Crippen molar-refractivity contribution in [2.24, 2.45) is 0 Å². The number of anilines is 2. The molecule has 2 amide bonds. The first-order valence-electron chi connectivity index (χ1n) is 8.55. The summed E-state index contributed by atoms with van der Waals surface area (Å²) in [6.45, 7) is 5.09. The van der Waals surface area contributed by atoms with Crippen molar-refractivity contribution in [1.82, 2.24) is 4.57 Å². The van der Waals surface area contributed by atoms with E-state index in [-0.39, 0.29) is 6.03 Å². The molecule has 3 aromatic rings. The van der Waals surface area contributed by atoms with Crippen molar-refractivity contribution in [3.8, 4) is 5.75 Å². The summed E-state index contributed by atoms with van der Waals surface area (Å²) in [7, 11) is 0. The van der Waals surface area contributed by atoms with Crippen LogP contribution in [0.25, 0.3) is 11.1 Å². The summed E-state index contributed by atoms with van der Waals surface area (Å²) in [5.41, 5.74) is 2.35. The van der Waals surface area contributed by atoms with Crippen LogP contribution < -0.4 is 21.1 Å². The summed E-state index contributed by atoms with van der Waals surface area (Å²) >= 11 is 0. The maximum absolute atomic E-state index is 12.2. The van der Waals surface area contributed by atoms with Crippen LogP contribution in [0.1, 0.15) is 20.3 Å². The van der Waals surface area contributed by atoms with Crippen molar-refractivity contribution in [2.45, 2.75) is 26.8 Å². The number of nitrogens with one attached hydrogen (secondary N) is 2. The molecule has 0 spiro atoms. The Labute approximate surface area is 150 Å². The molecule has 26 heavy (non-hydrogen) atoms. The van der Waals surface area contributed by atoms with E-state index in [9.17, 15) is 9.59 Å². The van der Waals surface area contributed by atoms with Gasteiger partial charge in [0.2, 0.25) is 0 Å². The van der Waals surface area contributed by atoms with Gasteiger partial charge in [0, 0.05) is 24.0 Å². The molecule has 7 heteroatoms. The summed E-state index contributed by atoms with van der Waals surface area (Å²) < 4.78 is 12.2. The third-order valence-electron chi connectivity index (χ3n) is 3.80. The predicted octanol–water partition coefficient (Wildman–Crippen LogP) is 4.05. The molecule has 0 fully saturated rings. The molecular weight excluding hydrogens is 334 g/mol. The summed E-state index contributed by atoms with van der Waals surface area (Å²) in [5.74, 6) is 0.355. The lowest BCUT2D eigenvalue weighted by Crippen LogP contribution is -2.19. The number of ether oxygens (including phenoxy) is 1. The smallest absolute Gasteiger partial charge is 0.419 e. The Balaban J connectivity index is 1.70. The minimum Gasteiger partial charge on any atom is -0.494 e. The number of amides is 2. The van der Waals surface area contributed by atoms with E-state index < -0.39 is 5.76 Å². The molecule has 7 nitrogen and oxygen atoms in total. The van der Waals surface area contributed by atoms with E-state index in [0.717, 1.165) is 12.2 Å². The molecule has 0 aliphatic carbocycles. The first-order chi connectivity index (χ1) is 12.6. The quantitative estimate of drug-likeness (QED) is 0.698. The number of hydrogen-bond acceptors (Lipinski definition) is 4. The maximum atomic E-state index is 12.2. The zero-order valence-electron chi connectivity index (χ0n) is 14.7. The van der Waals surface area contributed by atoms with E-state index in [2.05, 4.69) is 10.6 Å². The number of aryl methyl sites for hydroxylation is 1. The standard InChI is InChI=1S/C19H21N3O4/c1-3-11-22-16-10-7-14(12-17(16)26-19(22)24)21-18(23)20-13-5-8-15(9-6-13)25-4-2/h5-10,12H,3-4,11H2,1-2H3,(H2,20,21,23). The van der Waals surface area contributed by atoms with E-state index in [1.807, 2.05) is 13.8 Å². The lowest BCUT2D eigenvalue weighted by Gasteiger charge is -2.09. The Morgan fingerprint density at radius 1 is 1.08 bits per heavy atom. The second-order valence-corrected chi connectivity index (χ2v) is 5.74. The monoisotopic (exact) mass is 355 g/mol. The minimum absolute atomic E-state index is 0.385. The van der Waals surface area contributed by atoms with E-state index in [0.29, 0.717) is 35.6 Å². The number of urea groups is 1. The van der Waals surface area contributed by atoms with Crippen molar-refractivity contribution in [1.29, 1.82) is 0 Å². The summed E-state index contributed by atoms with van der Waals surface area (Å²) in [6, 6.07) is 11.9. The average molecular weight is 355 g/mol. The fourth-order valence-electron chi connectivity index (χ4n) is 2.67. The van der Waals surface area contributed by atoms with Gasteiger partial charge >= 0.3 is 11.8 Å². The lowest BCUT2D eigenvalue weighted by atomic mass is 10.2. The number of nitrogens with zero attached hydrogens (tertiary/aromatic N) is 1. The molecule has 136 valence electrons. The molecule has 0 aliphatic rings. The summed E-state index contributed by atoms with van der Waals surface area (Å²) in [4.78, 5) is 24.0. The molecule has 2 N–H and O–H groups in total. The van der Waals surface area contributed by atoms with Gasteiger partial charge in [0.25, 0.3) is 0 Å². The van der Waals surface area contributed by atoms with E-state index in [4.69, 9.17) is 9.15 Å². The molecule has 0 aliphatic heterocycles. The third kappa shape index (κ3) is 3.88. The number of hydrogen-bond donors (Lipinski definition) is 2. The molecule has 1 heterocycles. The Hall–Kier alpha value is -3.22. The molecule has 0 bridgehead atoms. The SMILES string of the molecule is CCCn1c(=O)oc2cc(NC(=O)Nc3ccc(OCC)cc3)ccc21. The van der Waals surface area contributed by atoms with Crippen LogP contribution in [0, 0.1) is 0 Å². The van der Waals surface area contributed by atoms with Crippen LogP contribution in [-0.4, -0.2) is 17.2 Å². The van der Waals surface area contributed by atoms with Crippen molar-refractivity contribution < 1.29 is 13.9 Å². The van der Waals surface area contributed by atoms with Gasteiger partial charge in [-0.2, -0.15) is 0 Å². The molecule has 0 saturated heterocycles. The van der Waals surface area contributed by atoms with Crippen LogP contribution in [-0.2, 0) is 6.54 Å². The van der Waals surface area contributed by atoms with Gasteiger partial charge in [-0.25, -0.2) is 9.59 Å². The second kappa shape index (κ2) is 7.77. The van der Waals surface area contributed by atoms with Crippen molar-refractivity contribution in [3.05, 3.63) is 53.0 Å². The predicted molar refractivity (Wildman–Crippen MR) is 101 cm³/mol. The van der Waals surface area contributed by atoms with Gasteiger partial charge in [-0.1, -0.05) is 6.92 Å². The molecule has 2 aromatic carbocycles. The van der Waals surface area contributed by atoms with Gasteiger partial charge in [0.15, 0.2) is 5.58 Å². The highest BCUT2D eigenvalue weighted by atomic mass is 16.5. The first kappa shape index (κ1) is 17.6. The number of benzene rings is 2. The molecule has 0 unspecified atom stereocenters. The highest BCUT2D eigenvalue weighted by Gasteiger charge is 2.10. The first-order valence-corrected chi connectivity index (χ1v) is 8.55. The van der Waals surface area contributed by atoms with Crippen LogP contribution in [0.15, 0.2) is 51.7 Å². The minimum atomic E-state index is -0.391. The average Bonchev–Trinajstić information content (AvgIpc) is 2.92. The van der Waals surface area contributed by atoms with Gasteiger partial charge < -0.3 is 19.8 Å². The number of fused-ring (bicyclic) bond motifs is 1. The highest BCUT2D eigenvalue weighted by molar-refractivity contribution is 6.00. The Morgan fingerprint density at radius 3 is 2.46 bits per heavy atom. The Kier molecular flexibility index (Phi) is 5.26. The molecule has 0 atom stereocenters.